The Bertz CT molecular complexity index is 1430. The summed E-state index contributed by atoms with van der Waals surface area (Å²) < 4.78 is 51.5. The molecule has 0 aliphatic carbocycles. The molecule has 4 rings (SSSR count). The number of amides is 2. The standard InChI is InChI=1S/C42H59NO11Si/c1-42(2,3)55(36-12-6-4-7-13-36,37-14-8-5-9-15-37)54-35-34-53-33-32-52-31-30-51-29-28-50-27-26-49-25-24-48-23-22-47-21-20-46-19-18-43-40(44)38-16-10-11-17-39(38)41(43)45/h4-17H,18-35H2,1-3H3. The first-order valence-electron chi connectivity index (χ1n) is 19.2. The van der Waals surface area contributed by atoms with Gasteiger partial charge in [0.1, 0.15) is 0 Å². The Morgan fingerprint density at radius 2 is 0.709 bits per heavy atom. The molecule has 55 heavy (non-hydrogen) atoms. The summed E-state index contributed by atoms with van der Waals surface area (Å²) in [5.41, 5.74) is 0.885. The van der Waals surface area contributed by atoms with Crippen molar-refractivity contribution in [2.45, 2.75) is 25.8 Å². The third-order valence-electron chi connectivity index (χ3n) is 8.90. The van der Waals surface area contributed by atoms with E-state index in [9.17, 15) is 9.59 Å². The van der Waals surface area contributed by atoms with E-state index in [4.69, 9.17) is 42.3 Å². The molecule has 3 aromatic rings. The SMILES string of the molecule is CC(C)(C)[Si](OCCOCCOCCOCCOCCOCCOCCOCCOCCN1C(=O)c2ccccc2C1=O)(c1ccccc1)c1ccccc1. The average molecular weight is 782 g/mol. The Hall–Kier alpha value is -3.34. The molecule has 3 aromatic carbocycles. The number of hydrogen-bond acceptors (Lipinski definition) is 11. The minimum Gasteiger partial charge on any atom is -0.405 e. The van der Waals surface area contributed by atoms with Crippen LogP contribution < -0.4 is 10.4 Å². The lowest BCUT2D eigenvalue weighted by Crippen LogP contribution is -2.66. The minimum absolute atomic E-state index is 0.0642. The van der Waals surface area contributed by atoms with Crippen molar-refractivity contribution in [1.29, 1.82) is 0 Å². The molecule has 0 N–H and O–H groups in total. The van der Waals surface area contributed by atoms with Gasteiger partial charge in [-0.3, -0.25) is 14.5 Å². The average Bonchev–Trinajstić information content (AvgIpc) is 3.44. The van der Waals surface area contributed by atoms with E-state index in [1.54, 1.807) is 24.3 Å². The molecule has 0 spiro atoms. The first kappa shape index (κ1) is 44.4. The van der Waals surface area contributed by atoms with Crippen molar-refractivity contribution in [2.75, 3.05) is 119 Å². The first-order chi connectivity index (χ1) is 26.9. The van der Waals surface area contributed by atoms with Crippen LogP contribution >= 0.6 is 0 Å². The van der Waals surface area contributed by atoms with E-state index in [1.807, 2.05) is 12.1 Å². The Morgan fingerprint density at radius 1 is 0.418 bits per heavy atom. The molecule has 12 nitrogen and oxygen atoms in total. The van der Waals surface area contributed by atoms with Crippen LogP contribution in [-0.2, 0) is 42.3 Å². The fourth-order valence-corrected chi connectivity index (χ4v) is 10.8. The molecule has 0 radical (unpaired) electrons. The number of carbonyl (C=O) groups is 2. The van der Waals surface area contributed by atoms with Gasteiger partial charge in [-0.2, -0.15) is 0 Å². The number of benzene rings is 3. The summed E-state index contributed by atoms with van der Waals surface area (Å²) in [6, 6.07) is 28.1. The van der Waals surface area contributed by atoms with E-state index in [0.29, 0.717) is 117 Å². The molecular weight excluding hydrogens is 723 g/mol. The van der Waals surface area contributed by atoms with Gasteiger partial charge in [0, 0.05) is 0 Å². The summed E-state index contributed by atoms with van der Waals surface area (Å²) >= 11 is 0. The number of carbonyl (C=O) groups excluding carboxylic acids is 2. The number of imide groups is 1. The number of ether oxygens (including phenoxy) is 8. The van der Waals surface area contributed by atoms with Crippen molar-refractivity contribution in [3.05, 3.63) is 96.1 Å². The molecule has 2 amide bonds. The van der Waals surface area contributed by atoms with Crippen LogP contribution in [0.15, 0.2) is 84.9 Å². The number of fused-ring (bicyclic) bond motifs is 1. The van der Waals surface area contributed by atoms with E-state index < -0.39 is 8.32 Å². The van der Waals surface area contributed by atoms with Crippen LogP contribution in [0.2, 0.25) is 5.04 Å². The molecule has 302 valence electrons. The largest absolute Gasteiger partial charge is 0.405 e. The molecule has 1 heterocycles. The van der Waals surface area contributed by atoms with Crippen LogP contribution in [-0.4, -0.2) is 144 Å². The van der Waals surface area contributed by atoms with Gasteiger partial charge in [-0.05, 0) is 27.5 Å². The fraction of sp³-hybridized carbons (Fsp3) is 0.524. The highest BCUT2D eigenvalue weighted by Gasteiger charge is 2.50. The van der Waals surface area contributed by atoms with E-state index in [2.05, 4.69) is 69.3 Å². The zero-order valence-electron chi connectivity index (χ0n) is 32.7. The van der Waals surface area contributed by atoms with Crippen molar-refractivity contribution < 1.29 is 51.9 Å². The predicted octanol–water partition coefficient (Wildman–Crippen LogP) is 3.99. The maximum atomic E-state index is 12.3. The van der Waals surface area contributed by atoms with Gasteiger partial charge in [-0.15, -0.1) is 0 Å². The minimum atomic E-state index is -2.55. The molecule has 0 aromatic heterocycles. The van der Waals surface area contributed by atoms with E-state index in [0.717, 1.165) is 0 Å². The van der Waals surface area contributed by atoms with Crippen LogP contribution in [0.3, 0.4) is 0 Å². The van der Waals surface area contributed by atoms with Gasteiger partial charge in [-0.1, -0.05) is 93.6 Å². The Labute approximate surface area is 327 Å². The van der Waals surface area contributed by atoms with Crippen LogP contribution in [0.25, 0.3) is 0 Å². The molecule has 1 aliphatic rings. The molecule has 13 heteroatoms. The third-order valence-corrected chi connectivity index (χ3v) is 13.9. The lowest BCUT2D eigenvalue weighted by atomic mass is 10.1. The molecule has 0 unspecified atom stereocenters. The van der Waals surface area contributed by atoms with Gasteiger partial charge in [0.2, 0.25) is 0 Å². The molecular formula is C42H59NO11Si. The first-order valence-corrected chi connectivity index (χ1v) is 21.1. The summed E-state index contributed by atoms with van der Waals surface area (Å²) in [5.74, 6) is -0.554. The van der Waals surface area contributed by atoms with Crippen LogP contribution in [0.1, 0.15) is 41.5 Å². The molecule has 0 saturated carbocycles. The fourth-order valence-electron chi connectivity index (χ4n) is 6.25. The second-order valence-electron chi connectivity index (χ2n) is 13.7. The number of nitrogens with zero attached hydrogens (tertiary/aromatic N) is 1. The van der Waals surface area contributed by atoms with Crippen molar-refractivity contribution in [2.24, 2.45) is 0 Å². The summed E-state index contributed by atoms with van der Waals surface area (Å²) in [7, 11) is -2.55. The Balaban J connectivity index is 0.873. The number of rotatable bonds is 30. The Kier molecular flexibility index (Phi) is 20.2. The quantitative estimate of drug-likeness (QED) is 0.0555. The van der Waals surface area contributed by atoms with Crippen LogP contribution in [0.5, 0.6) is 0 Å². The van der Waals surface area contributed by atoms with Crippen molar-refractivity contribution in [3.8, 4) is 0 Å². The van der Waals surface area contributed by atoms with Crippen molar-refractivity contribution in [1.82, 2.24) is 4.90 Å². The lowest BCUT2D eigenvalue weighted by Gasteiger charge is -2.43. The van der Waals surface area contributed by atoms with Gasteiger partial charge < -0.3 is 42.3 Å². The molecule has 0 saturated heterocycles. The molecule has 1 aliphatic heterocycles. The highest BCUT2D eigenvalue weighted by molar-refractivity contribution is 6.99. The molecule has 0 bridgehead atoms. The van der Waals surface area contributed by atoms with Gasteiger partial charge in [0.05, 0.1) is 130 Å². The van der Waals surface area contributed by atoms with Gasteiger partial charge >= 0.3 is 0 Å². The topological polar surface area (TPSA) is 120 Å². The van der Waals surface area contributed by atoms with Gasteiger partial charge in [0.25, 0.3) is 20.1 Å². The zero-order chi connectivity index (χ0) is 39.0. The summed E-state index contributed by atoms with van der Waals surface area (Å²) in [6.07, 6.45) is 0. The summed E-state index contributed by atoms with van der Waals surface area (Å²) in [4.78, 5) is 25.9. The highest BCUT2D eigenvalue weighted by atomic mass is 28.4. The maximum Gasteiger partial charge on any atom is 0.261 e. The lowest BCUT2D eigenvalue weighted by molar-refractivity contribution is -0.0238. The second-order valence-corrected chi connectivity index (χ2v) is 18.0. The normalized spacial score (nSPS) is 13.2. The van der Waals surface area contributed by atoms with Crippen molar-refractivity contribution >= 4 is 30.5 Å². The zero-order valence-corrected chi connectivity index (χ0v) is 33.7. The molecule has 0 atom stereocenters. The summed E-state index contributed by atoms with van der Waals surface area (Å²) in [6.45, 7) is 14.8. The monoisotopic (exact) mass is 781 g/mol. The smallest absolute Gasteiger partial charge is 0.261 e. The predicted molar refractivity (Wildman–Crippen MR) is 212 cm³/mol. The third kappa shape index (κ3) is 14.3. The van der Waals surface area contributed by atoms with E-state index in [-0.39, 0.29) is 30.0 Å². The van der Waals surface area contributed by atoms with Gasteiger partial charge in [0.15, 0.2) is 0 Å². The van der Waals surface area contributed by atoms with E-state index >= 15 is 0 Å². The summed E-state index contributed by atoms with van der Waals surface area (Å²) in [5, 5.41) is 2.46. The second kappa shape index (κ2) is 25.0. The van der Waals surface area contributed by atoms with Crippen LogP contribution in [0, 0.1) is 0 Å². The highest BCUT2D eigenvalue weighted by Crippen LogP contribution is 2.36. The number of hydrogen-bond donors (Lipinski definition) is 0. The Morgan fingerprint density at radius 3 is 1.04 bits per heavy atom. The van der Waals surface area contributed by atoms with Crippen LogP contribution in [0.4, 0.5) is 0 Å². The van der Waals surface area contributed by atoms with Crippen molar-refractivity contribution in [3.63, 3.8) is 0 Å². The molecule has 0 fully saturated rings. The van der Waals surface area contributed by atoms with E-state index in [1.165, 1.54) is 15.3 Å². The van der Waals surface area contributed by atoms with Gasteiger partial charge in [-0.25, -0.2) is 0 Å². The maximum absolute atomic E-state index is 12.3.